The predicted octanol–water partition coefficient (Wildman–Crippen LogP) is 1.98. The normalized spacial score (nSPS) is 10.0. The molecule has 76 valence electrons. The zero-order valence-corrected chi connectivity index (χ0v) is 7.60. The lowest BCUT2D eigenvalue weighted by Gasteiger charge is -2.07. The zero-order chi connectivity index (χ0) is 10.9. The molecule has 0 amide bonds. The van der Waals surface area contributed by atoms with E-state index < -0.39 is 23.4 Å². The van der Waals surface area contributed by atoms with Crippen LogP contribution in [0.25, 0.3) is 0 Å². The number of aromatic carboxylic acids is 1. The summed E-state index contributed by atoms with van der Waals surface area (Å²) in [6.45, 7) is 1.20. The first-order valence-corrected chi connectivity index (χ1v) is 3.75. The largest absolute Gasteiger partial charge is 0.494 e. The van der Waals surface area contributed by atoms with Crippen molar-refractivity contribution >= 4 is 5.97 Å². The summed E-state index contributed by atoms with van der Waals surface area (Å²) in [5.41, 5.74) is -0.545. The van der Waals surface area contributed by atoms with Gasteiger partial charge < -0.3 is 9.84 Å². The van der Waals surface area contributed by atoms with Gasteiger partial charge >= 0.3 is 5.97 Å². The fourth-order valence-corrected chi connectivity index (χ4v) is 1.06. The molecule has 0 radical (unpaired) electrons. The first-order chi connectivity index (χ1) is 6.49. The summed E-state index contributed by atoms with van der Waals surface area (Å²) in [5.74, 6) is -4.10. The smallest absolute Gasteiger partial charge is 0.336 e. The molecule has 1 aromatic carbocycles. The molecule has 5 heteroatoms. The lowest BCUT2D eigenvalue weighted by molar-refractivity contribution is 0.0695. The maximum atomic E-state index is 13.1. The number of rotatable bonds is 2. The van der Waals surface area contributed by atoms with E-state index in [9.17, 15) is 13.6 Å². The Morgan fingerprint density at radius 2 is 2.00 bits per heavy atom. The summed E-state index contributed by atoms with van der Waals surface area (Å²) in [7, 11) is 1.14. The molecule has 0 unspecified atom stereocenters. The number of benzene rings is 1. The molecule has 1 N–H and O–H groups in total. The minimum atomic E-state index is -1.32. The molecule has 0 heterocycles. The van der Waals surface area contributed by atoms with Gasteiger partial charge in [-0.3, -0.25) is 0 Å². The Morgan fingerprint density at radius 3 is 2.43 bits per heavy atom. The topological polar surface area (TPSA) is 46.5 Å². The van der Waals surface area contributed by atoms with E-state index in [2.05, 4.69) is 4.74 Å². The standard InChI is InChI=1S/C9H8F2O3/c1-4-5(9(12)13)3-6(14-2)8(11)7(4)10/h3H,1-2H3,(H,12,13). The molecule has 14 heavy (non-hydrogen) atoms. The van der Waals surface area contributed by atoms with Crippen molar-refractivity contribution < 1.29 is 23.4 Å². The molecule has 0 aromatic heterocycles. The molecule has 1 rings (SSSR count). The molecule has 0 spiro atoms. The Morgan fingerprint density at radius 1 is 1.43 bits per heavy atom. The first-order valence-electron chi connectivity index (χ1n) is 3.75. The Hall–Kier alpha value is -1.65. The number of carboxylic acid groups (broad SMARTS) is 1. The van der Waals surface area contributed by atoms with Gasteiger partial charge in [-0.1, -0.05) is 0 Å². The highest BCUT2D eigenvalue weighted by atomic mass is 19.2. The minimum absolute atomic E-state index is 0.240. The second-order valence-corrected chi connectivity index (χ2v) is 2.68. The summed E-state index contributed by atoms with van der Waals surface area (Å²) >= 11 is 0. The third kappa shape index (κ3) is 1.53. The van der Waals surface area contributed by atoms with E-state index in [0.29, 0.717) is 0 Å². The van der Waals surface area contributed by atoms with Gasteiger partial charge in [0, 0.05) is 5.56 Å². The van der Waals surface area contributed by atoms with Crippen LogP contribution in [0.4, 0.5) is 8.78 Å². The van der Waals surface area contributed by atoms with Gasteiger partial charge in [0.1, 0.15) is 0 Å². The van der Waals surface area contributed by atoms with Gasteiger partial charge in [0.05, 0.1) is 12.7 Å². The van der Waals surface area contributed by atoms with Crippen molar-refractivity contribution in [3.8, 4) is 5.75 Å². The number of carbonyl (C=O) groups is 1. The van der Waals surface area contributed by atoms with Gasteiger partial charge in [-0.25, -0.2) is 9.18 Å². The molecule has 0 bridgehead atoms. The molecule has 0 aliphatic carbocycles. The van der Waals surface area contributed by atoms with E-state index in [1.54, 1.807) is 0 Å². The van der Waals surface area contributed by atoms with Crippen LogP contribution in [0.1, 0.15) is 15.9 Å². The molecular formula is C9H8F2O3. The monoisotopic (exact) mass is 202 g/mol. The number of methoxy groups -OCH3 is 1. The average molecular weight is 202 g/mol. The molecule has 0 saturated heterocycles. The quantitative estimate of drug-likeness (QED) is 0.797. The Kier molecular flexibility index (Phi) is 2.69. The van der Waals surface area contributed by atoms with Crippen molar-refractivity contribution in [3.63, 3.8) is 0 Å². The molecule has 1 aromatic rings. The van der Waals surface area contributed by atoms with Crippen molar-refractivity contribution in [1.29, 1.82) is 0 Å². The van der Waals surface area contributed by atoms with Crippen molar-refractivity contribution in [3.05, 3.63) is 28.8 Å². The lowest BCUT2D eigenvalue weighted by Crippen LogP contribution is -2.05. The van der Waals surface area contributed by atoms with Gasteiger partial charge in [0.15, 0.2) is 11.6 Å². The van der Waals surface area contributed by atoms with E-state index in [0.717, 1.165) is 13.2 Å². The predicted molar refractivity (Wildman–Crippen MR) is 44.6 cm³/mol. The maximum absolute atomic E-state index is 13.1. The summed E-state index contributed by atoms with van der Waals surface area (Å²) in [6.07, 6.45) is 0. The molecule has 0 aliphatic heterocycles. The van der Waals surface area contributed by atoms with Crippen molar-refractivity contribution in [1.82, 2.24) is 0 Å². The third-order valence-corrected chi connectivity index (χ3v) is 1.87. The van der Waals surface area contributed by atoms with E-state index in [1.807, 2.05) is 0 Å². The number of hydrogen-bond donors (Lipinski definition) is 1. The van der Waals surface area contributed by atoms with Crippen molar-refractivity contribution in [2.45, 2.75) is 6.92 Å². The van der Waals surface area contributed by atoms with Crippen molar-refractivity contribution in [2.75, 3.05) is 7.11 Å². The molecule has 0 aliphatic rings. The van der Waals surface area contributed by atoms with Crippen LogP contribution in [-0.2, 0) is 0 Å². The third-order valence-electron chi connectivity index (χ3n) is 1.87. The van der Waals surface area contributed by atoms with E-state index >= 15 is 0 Å². The molecule has 0 atom stereocenters. The summed E-state index contributed by atoms with van der Waals surface area (Å²) in [5, 5.41) is 8.66. The van der Waals surface area contributed by atoms with Crippen LogP contribution < -0.4 is 4.74 Å². The van der Waals surface area contributed by atoms with Gasteiger partial charge in [-0.2, -0.15) is 4.39 Å². The molecular weight excluding hydrogens is 194 g/mol. The SMILES string of the molecule is COc1cc(C(=O)O)c(C)c(F)c1F. The number of halogens is 2. The van der Waals surface area contributed by atoms with Crippen LogP contribution >= 0.6 is 0 Å². The Bertz CT molecular complexity index is 388. The number of ether oxygens (including phenoxy) is 1. The van der Waals surface area contributed by atoms with Crippen LogP contribution in [0.15, 0.2) is 6.07 Å². The highest BCUT2D eigenvalue weighted by Gasteiger charge is 2.19. The fraction of sp³-hybridized carbons (Fsp3) is 0.222. The van der Waals surface area contributed by atoms with E-state index in [4.69, 9.17) is 5.11 Å². The first kappa shape index (κ1) is 10.4. The molecule has 3 nitrogen and oxygen atoms in total. The van der Waals surface area contributed by atoms with Crippen LogP contribution in [0.5, 0.6) is 5.75 Å². The summed E-state index contributed by atoms with van der Waals surface area (Å²) in [6, 6.07) is 0.954. The minimum Gasteiger partial charge on any atom is -0.494 e. The summed E-state index contributed by atoms with van der Waals surface area (Å²) < 4.78 is 30.6. The number of hydrogen-bond acceptors (Lipinski definition) is 2. The van der Waals surface area contributed by atoms with Crippen LogP contribution in [0.2, 0.25) is 0 Å². The maximum Gasteiger partial charge on any atom is 0.336 e. The number of carboxylic acids is 1. The average Bonchev–Trinajstić information content (AvgIpc) is 2.14. The summed E-state index contributed by atoms with van der Waals surface area (Å²) in [4.78, 5) is 10.6. The van der Waals surface area contributed by atoms with Gasteiger partial charge in [-0.05, 0) is 13.0 Å². The Balaban J connectivity index is 3.48. The second-order valence-electron chi connectivity index (χ2n) is 2.68. The fourth-order valence-electron chi connectivity index (χ4n) is 1.06. The Labute approximate surface area is 78.9 Å². The lowest BCUT2D eigenvalue weighted by atomic mass is 10.1. The van der Waals surface area contributed by atoms with Crippen LogP contribution in [-0.4, -0.2) is 18.2 Å². The van der Waals surface area contributed by atoms with E-state index in [1.165, 1.54) is 6.92 Å². The van der Waals surface area contributed by atoms with Crippen LogP contribution in [0, 0.1) is 18.6 Å². The molecule has 0 saturated carbocycles. The zero-order valence-electron chi connectivity index (χ0n) is 7.60. The van der Waals surface area contributed by atoms with Gasteiger partial charge in [0.2, 0.25) is 5.82 Å². The van der Waals surface area contributed by atoms with Crippen LogP contribution in [0.3, 0.4) is 0 Å². The highest BCUT2D eigenvalue weighted by Crippen LogP contribution is 2.25. The molecule has 0 fully saturated rings. The van der Waals surface area contributed by atoms with Crippen molar-refractivity contribution in [2.24, 2.45) is 0 Å². The van der Waals surface area contributed by atoms with Gasteiger partial charge in [-0.15, -0.1) is 0 Å². The van der Waals surface area contributed by atoms with E-state index in [-0.39, 0.29) is 11.1 Å². The second kappa shape index (κ2) is 3.61. The van der Waals surface area contributed by atoms with Gasteiger partial charge in [0.25, 0.3) is 0 Å². The highest BCUT2D eigenvalue weighted by molar-refractivity contribution is 5.89.